The topological polar surface area (TPSA) is 46.9 Å². The number of rotatable bonds is 4. The van der Waals surface area contributed by atoms with Crippen molar-refractivity contribution in [3.63, 3.8) is 0 Å². The largest absolute Gasteiger partial charge is 0.315 e. The van der Waals surface area contributed by atoms with Gasteiger partial charge in [0.15, 0.2) is 0 Å². The molecule has 18 heavy (non-hydrogen) atoms. The highest BCUT2D eigenvalue weighted by Crippen LogP contribution is 2.26. The number of nitrogens with one attached hydrogen (secondary N) is 1. The molecule has 4 heteroatoms. The molecule has 1 atom stereocenters. The Kier molecular flexibility index (Phi) is 4.53. The van der Waals surface area contributed by atoms with Crippen LogP contribution in [0.5, 0.6) is 0 Å². The van der Waals surface area contributed by atoms with Crippen LogP contribution >= 0.6 is 0 Å². The van der Waals surface area contributed by atoms with E-state index in [1.165, 1.54) is 32.1 Å². The Morgan fingerprint density at radius 1 is 1.44 bits per heavy atom. The van der Waals surface area contributed by atoms with Gasteiger partial charge in [-0.25, -0.2) is 4.98 Å². The van der Waals surface area contributed by atoms with E-state index < -0.39 is 0 Å². The highest BCUT2D eigenvalue weighted by Gasteiger charge is 2.22. The van der Waals surface area contributed by atoms with Gasteiger partial charge in [0, 0.05) is 24.3 Å². The quantitative estimate of drug-likeness (QED) is 0.884. The van der Waals surface area contributed by atoms with Crippen LogP contribution in [0.25, 0.3) is 0 Å². The van der Waals surface area contributed by atoms with Crippen LogP contribution in [-0.4, -0.2) is 22.6 Å². The monoisotopic (exact) mass is 249 g/mol. The molecule has 0 aromatic carbocycles. The Balaban J connectivity index is 2.07. The van der Waals surface area contributed by atoms with Crippen LogP contribution in [0.4, 0.5) is 0 Å². The average Bonchev–Trinajstić information content (AvgIpc) is 2.39. The van der Waals surface area contributed by atoms with Crippen LogP contribution < -0.4 is 10.9 Å². The summed E-state index contributed by atoms with van der Waals surface area (Å²) in [7, 11) is 1.99. The van der Waals surface area contributed by atoms with Crippen molar-refractivity contribution in [3.05, 3.63) is 28.4 Å². The molecule has 1 heterocycles. The van der Waals surface area contributed by atoms with Gasteiger partial charge in [0.1, 0.15) is 0 Å². The molecule has 0 spiro atoms. The summed E-state index contributed by atoms with van der Waals surface area (Å²) >= 11 is 0. The minimum Gasteiger partial charge on any atom is -0.315 e. The van der Waals surface area contributed by atoms with E-state index in [2.05, 4.69) is 10.3 Å². The molecular formula is C14H23N3O. The van der Waals surface area contributed by atoms with E-state index in [9.17, 15) is 4.79 Å². The SMILES string of the molecule is CNC(Cn1cnc(C)cc1=O)C1CCCCC1. The first-order chi connectivity index (χ1) is 8.70. The third-order valence-corrected chi connectivity index (χ3v) is 4.00. The summed E-state index contributed by atoms with van der Waals surface area (Å²) < 4.78 is 1.72. The average molecular weight is 249 g/mol. The van der Waals surface area contributed by atoms with E-state index in [-0.39, 0.29) is 5.56 Å². The van der Waals surface area contributed by atoms with E-state index in [1.54, 1.807) is 17.0 Å². The van der Waals surface area contributed by atoms with Crippen molar-refractivity contribution < 1.29 is 0 Å². The summed E-state index contributed by atoms with van der Waals surface area (Å²) in [4.78, 5) is 16.1. The first-order valence-electron chi connectivity index (χ1n) is 6.91. The summed E-state index contributed by atoms with van der Waals surface area (Å²) in [5.41, 5.74) is 0.841. The normalized spacial score (nSPS) is 18.8. The third-order valence-electron chi connectivity index (χ3n) is 4.00. The first kappa shape index (κ1) is 13.3. The second kappa shape index (κ2) is 6.14. The third kappa shape index (κ3) is 3.19. The van der Waals surface area contributed by atoms with E-state index in [0.29, 0.717) is 12.0 Å². The molecule has 1 saturated carbocycles. The van der Waals surface area contributed by atoms with Crippen LogP contribution in [-0.2, 0) is 6.54 Å². The van der Waals surface area contributed by atoms with Crippen LogP contribution in [0.2, 0.25) is 0 Å². The Labute approximate surface area is 108 Å². The maximum atomic E-state index is 11.9. The molecule has 0 amide bonds. The number of likely N-dealkylation sites (N-methyl/N-ethyl adjacent to an activating group) is 1. The van der Waals surface area contributed by atoms with E-state index in [0.717, 1.165) is 12.2 Å². The zero-order valence-corrected chi connectivity index (χ0v) is 11.4. The minimum absolute atomic E-state index is 0.0542. The van der Waals surface area contributed by atoms with Gasteiger partial charge in [0.25, 0.3) is 5.56 Å². The minimum atomic E-state index is 0.0542. The number of aromatic nitrogens is 2. The summed E-state index contributed by atoms with van der Waals surface area (Å²) in [6.45, 7) is 2.58. The number of aryl methyl sites for hydroxylation is 1. The molecule has 4 nitrogen and oxygen atoms in total. The van der Waals surface area contributed by atoms with Gasteiger partial charge in [-0.15, -0.1) is 0 Å². The molecular weight excluding hydrogens is 226 g/mol. The van der Waals surface area contributed by atoms with Gasteiger partial charge in [0.2, 0.25) is 0 Å². The van der Waals surface area contributed by atoms with Gasteiger partial charge >= 0.3 is 0 Å². The van der Waals surface area contributed by atoms with Gasteiger partial charge in [-0.3, -0.25) is 9.36 Å². The van der Waals surface area contributed by atoms with Crippen LogP contribution in [0, 0.1) is 12.8 Å². The predicted octanol–water partition coefficient (Wildman–Crippen LogP) is 1.72. The van der Waals surface area contributed by atoms with Gasteiger partial charge in [-0.1, -0.05) is 19.3 Å². The maximum Gasteiger partial charge on any atom is 0.253 e. The molecule has 2 rings (SSSR count). The molecule has 0 radical (unpaired) electrons. The van der Waals surface area contributed by atoms with E-state index in [1.807, 2.05) is 14.0 Å². The predicted molar refractivity (Wildman–Crippen MR) is 72.7 cm³/mol. The zero-order valence-electron chi connectivity index (χ0n) is 11.4. The maximum absolute atomic E-state index is 11.9. The summed E-state index contributed by atoms with van der Waals surface area (Å²) in [5, 5.41) is 3.37. The number of hydrogen-bond acceptors (Lipinski definition) is 3. The molecule has 1 aromatic rings. The van der Waals surface area contributed by atoms with Crippen LogP contribution in [0.1, 0.15) is 37.8 Å². The molecule has 1 aliphatic carbocycles. The highest BCUT2D eigenvalue weighted by molar-refractivity contribution is 4.96. The van der Waals surface area contributed by atoms with Crippen molar-refractivity contribution >= 4 is 0 Å². The first-order valence-corrected chi connectivity index (χ1v) is 6.91. The van der Waals surface area contributed by atoms with Crippen molar-refractivity contribution in [2.75, 3.05) is 7.05 Å². The number of hydrogen-bond donors (Lipinski definition) is 1. The van der Waals surface area contributed by atoms with E-state index in [4.69, 9.17) is 0 Å². The molecule has 0 aliphatic heterocycles. The van der Waals surface area contributed by atoms with Gasteiger partial charge in [-0.05, 0) is 32.7 Å². The van der Waals surface area contributed by atoms with Crippen molar-refractivity contribution in [2.45, 2.75) is 51.6 Å². The Morgan fingerprint density at radius 2 is 2.17 bits per heavy atom. The Bertz CT molecular complexity index is 435. The van der Waals surface area contributed by atoms with Gasteiger partial charge in [0.05, 0.1) is 6.33 Å². The Hall–Kier alpha value is -1.16. The standard InChI is InChI=1S/C14H23N3O/c1-11-8-14(18)17(10-16-11)9-13(15-2)12-6-4-3-5-7-12/h8,10,12-13,15H,3-7,9H2,1-2H3. The second-order valence-corrected chi connectivity index (χ2v) is 5.31. The van der Waals surface area contributed by atoms with Gasteiger partial charge < -0.3 is 5.32 Å². The van der Waals surface area contributed by atoms with Crippen LogP contribution in [0.3, 0.4) is 0 Å². The molecule has 0 bridgehead atoms. The van der Waals surface area contributed by atoms with Gasteiger partial charge in [-0.2, -0.15) is 0 Å². The van der Waals surface area contributed by atoms with Crippen LogP contribution in [0.15, 0.2) is 17.2 Å². The number of nitrogens with zero attached hydrogens (tertiary/aromatic N) is 2. The highest BCUT2D eigenvalue weighted by atomic mass is 16.1. The lowest BCUT2D eigenvalue weighted by molar-refractivity contribution is 0.255. The van der Waals surface area contributed by atoms with Crippen molar-refractivity contribution in [1.29, 1.82) is 0 Å². The smallest absolute Gasteiger partial charge is 0.253 e. The fourth-order valence-corrected chi connectivity index (χ4v) is 2.88. The fraction of sp³-hybridized carbons (Fsp3) is 0.714. The van der Waals surface area contributed by atoms with Crippen molar-refractivity contribution in [2.24, 2.45) is 5.92 Å². The molecule has 1 fully saturated rings. The Morgan fingerprint density at radius 3 is 2.78 bits per heavy atom. The van der Waals surface area contributed by atoms with Crippen molar-refractivity contribution in [1.82, 2.24) is 14.9 Å². The summed E-state index contributed by atoms with van der Waals surface area (Å²) in [6, 6.07) is 1.99. The second-order valence-electron chi connectivity index (χ2n) is 5.31. The molecule has 1 aliphatic rings. The lowest BCUT2D eigenvalue weighted by Gasteiger charge is -2.30. The molecule has 1 unspecified atom stereocenters. The fourth-order valence-electron chi connectivity index (χ4n) is 2.88. The molecule has 100 valence electrons. The van der Waals surface area contributed by atoms with Crippen molar-refractivity contribution in [3.8, 4) is 0 Å². The zero-order chi connectivity index (χ0) is 13.0. The molecule has 0 saturated heterocycles. The lowest BCUT2D eigenvalue weighted by atomic mass is 9.84. The van der Waals surface area contributed by atoms with E-state index >= 15 is 0 Å². The summed E-state index contributed by atoms with van der Waals surface area (Å²) in [5.74, 6) is 0.692. The summed E-state index contributed by atoms with van der Waals surface area (Å²) in [6.07, 6.45) is 8.23. The molecule has 1 aromatic heterocycles. The molecule has 1 N–H and O–H groups in total. The lowest BCUT2D eigenvalue weighted by Crippen LogP contribution is -2.40.